The van der Waals surface area contributed by atoms with Crippen LogP contribution in [-0.2, 0) is 0 Å². The van der Waals surface area contributed by atoms with E-state index < -0.39 is 0 Å². The van der Waals surface area contributed by atoms with Gasteiger partial charge in [-0.25, -0.2) is 10.1 Å². The SMILES string of the molecule is COc1ccc(-n2[nH]c(C)c(/C(C)=N/NC(=O)c3ccccc3)c2=O)cc1. The molecule has 3 aromatic rings. The Hall–Kier alpha value is -3.61. The van der Waals surface area contributed by atoms with E-state index >= 15 is 0 Å². The molecule has 0 spiro atoms. The Morgan fingerprint density at radius 2 is 1.78 bits per heavy atom. The van der Waals surface area contributed by atoms with Crippen LogP contribution in [0.2, 0.25) is 0 Å². The van der Waals surface area contributed by atoms with Gasteiger partial charge in [0.25, 0.3) is 11.5 Å². The molecule has 27 heavy (non-hydrogen) atoms. The number of nitrogens with zero attached hydrogens (tertiary/aromatic N) is 2. The summed E-state index contributed by atoms with van der Waals surface area (Å²) in [5.41, 5.74) is 4.91. The van der Waals surface area contributed by atoms with Crippen molar-refractivity contribution in [3.05, 3.63) is 81.8 Å². The molecular formula is C20H20N4O3. The number of aryl methyl sites for hydroxylation is 1. The quantitative estimate of drug-likeness (QED) is 0.539. The lowest BCUT2D eigenvalue weighted by molar-refractivity contribution is 0.0955. The van der Waals surface area contributed by atoms with Gasteiger partial charge >= 0.3 is 0 Å². The number of aromatic nitrogens is 2. The highest BCUT2D eigenvalue weighted by Gasteiger charge is 2.15. The molecule has 0 aliphatic rings. The molecule has 138 valence electrons. The molecule has 0 aliphatic carbocycles. The van der Waals surface area contributed by atoms with Crippen molar-refractivity contribution in [3.63, 3.8) is 0 Å². The molecule has 3 rings (SSSR count). The van der Waals surface area contributed by atoms with Crippen LogP contribution >= 0.6 is 0 Å². The standard InChI is InChI=1S/C20H20N4O3/c1-13(21-22-19(25)15-7-5-4-6-8-15)18-14(2)23-24(20(18)26)16-9-11-17(27-3)12-10-16/h4-12,23H,1-3H3,(H,22,25)/b21-13+. The van der Waals surface area contributed by atoms with Gasteiger partial charge in [-0.15, -0.1) is 0 Å². The number of carbonyl (C=O) groups is 1. The lowest BCUT2D eigenvalue weighted by Crippen LogP contribution is -2.23. The number of carbonyl (C=O) groups excluding carboxylic acids is 1. The van der Waals surface area contributed by atoms with E-state index in [2.05, 4.69) is 15.6 Å². The summed E-state index contributed by atoms with van der Waals surface area (Å²) in [6, 6.07) is 15.9. The van der Waals surface area contributed by atoms with Crippen LogP contribution in [0.5, 0.6) is 5.75 Å². The summed E-state index contributed by atoms with van der Waals surface area (Å²) >= 11 is 0. The molecule has 1 heterocycles. The molecule has 0 unspecified atom stereocenters. The summed E-state index contributed by atoms with van der Waals surface area (Å²) in [5, 5.41) is 7.13. The van der Waals surface area contributed by atoms with E-state index in [1.807, 2.05) is 6.07 Å². The van der Waals surface area contributed by atoms with Crippen LogP contribution in [0.4, 0.5) is 0 Å². The molecule has 2 aromatic carbocycles. The average molecular weight is 364 g/mol. The lowest BCUT2D eigenvalue weighted by Gasteiger charge is -2.03. The van der Waals surface area contributed by atoms with Gasteiger partial charge in [-0.2, -0.15) is 5.10 Å². The van der Waals surface area contributed by atoms with E-state index in [4.69, 9.17) is 4.74 Å². The first-order chi connectivity index (χ1) is 13.0. The van der Waals surface area contributed by atoms with Gasteiger partial charge < -0.3 is 4.74 Å². The Kier molecular flexibility index (Phi) is 5.21. The summed E-state index contributed by atoms with van der Waals surface area (Å²) in [6.07, 6.45) is 0. The number of hydrazone groups is 1. The zero-order chi connectivity index (χ0) is 19.4. The topological polar surface area (TPSA) is 88.5 Å². The molecule has 0 atom stereocenters. The molecule has 7 heteroatoms. The van der Waals surface area contributed by atoms with E-state index in [1.54, 1.807) is 69.5 Å². The predicted octanol–water partition coefficient (Wildman–Crippen LogP) is 2.64. The number of amides is 1. The summed E-state index contributed by atoms with van der Waals surface area (Å²) in [6.45, 7) is 3.47. The van der Waals surface area contributed by atoms with Crippen LogP contribution in [-0.4, -0.2) is 28.5 Å². The minimum absolute atomic E-state index is 0.243. The molecule has 0 bridgehead atoms. The fourth-order valence-electron chi connectivity index (χ4n) is 2.73. The Bertz CT molecular complexity index is 1030. The highest BCUT2D eigenvalue weighted by atomic mass is 16.5. The highest BCUT2D eigenvalue weighted by molar-refractivity contribution is 6.01. The molecular weight excluding hydrogens is 344 g/mol. The third-order valence-electron chi connectivity index (χ3n) is 4.13. The van der Waals surface area contributed by atoms with Gasteiger partial charge in [-0.1, -0.05) is 18.2 Å². The van der Waals surface area contributed by atoms with Gasteiger partial charge in [0.05, 0.1) is 24.1 Å². The maximum atomic E-state index is 12.8. The first-order valence-electron chi connectivity index (χ1n) is 8.37. The van der Waals surface area contributed by atoms with Crippen molar-refractivity contribution in [2.75, 3.05) is 7.11 Å². The molecule has 1 aromatic heterocycles. The molecule has 0 fully saturated rings. The number of rotatable bonds is 5. The Labute approximate surface area is 156 Å². The number of benzene rings is 2. The largest absolute Gasteiger partial charge is 0.497 e. The van der Waals surface area contributed by atoms with Gasteiger partial charge in [0.2, 0.25) is 0 Å². The summed E-state index contributed by atoms with van der Waals surface area (Å²) < 4.78 is 6.57. The van der Waals surface area contributed by atoms with Crippen molar-refractivity contribution in [1.82, 2.24) is 15.2 Å². The summed E-state index contributed by atoms with van der Waals surface area (Å²) in [7, 11) is 1.58. The van der Waals surface area contributed by atoms with Crippen LogP contribution in [0, 0.1) is 6.92 Å². The van der Waals surface area contributed by atoms with Gasteiger partial charge in [0.1, 0.15) is 5.75 Å². The first-order valence-corrected chi connectivity index (χ1v) is 8.37. The number of hydrogen-bond acceptors (Lipinski definition) is 4. The van der Waals surface area contributed by atoms with Crippen LogP contribution < -0.4 is 15.7 Å². The predicted molar refractivity (Wildman–Crippen MR) is 104 cm³/mol. The lowest BCUT2D eigenvalue weighted by atomic mass is 10.2. The molecule has 0 aliphatic heterocycles. The fraction of sp³-hybridized carbons (Fsp3) is 0.150. The van der Waals surface area contributed by atoms with Crippen molar-refractivity contribution in [3.8, 4) is 11.4 Å². The van der Waals surface area contributed by atoms with Crippen LogP contribution in [0.3, 0.4) is 0 Å². The summed E-state index contributed by atoms with van der Waals surface area (Å²) in [4.78, 5) is 24.9. The number of hydrogen-bond donors (Lipinski definition) is 2. The fourth-order valence-corrected chi connectivity index (χ4v) is 2.73. The number of nitrogens with one attached hydrogen (secondary N) is 2. The smallest absolute Gasteiger partial charge is 0.280 e. The molecule has 1 amide bonds. The monoisotopic (exact) mass is 364 g/mol. The van der Waals surface area contributed by atoms with Crippen molar-refractivity contribution >= 4 is 11.6 Å². The maximum absolute atomic E-state index is 12.8. The normalized spacial score (nSPS) is 11.3. The molecule has 0 saturated heterocycles. The Morgan fingerprint density at radius 1 is 1.11 bits per heavy atom. The highest BCUT2D eigenvalue weighted by Crippen LogP contribution is 2.14. The third kappa shape index (κ3) is 3.82. The maximum Gasteiger partial charge on any atom is 0.280 e. The Balaban J connectivity index is 1.87. The van der Waals surface area contributed by atoms with Gasteiger partial charge in [0.15, 0.2) is 0 Å². The zero-order valence-corrected chi connectivity index (χ0v) is 15.3. The van der Waals surface area contributed by atoms with Gasteiger partial charge in [-0.05, 0) is 50.2 Å². The second-order valence-corrected chi connectivity index (χ2v) is 5.95. The van der Waals surface area contributed by atoms with E-state index in [0.717, 1.165) is 0 Å². The molecule has 7 nitrogen and oxygen atoms in total. The third-order valence-corrected chi connectivity index (χ3v) is 4.13. The zero-order valence-electron chi connectivity index (χ0n) is 15.3. The van der Waals surface area contributed by atoms with Gasteiger partial charge in [-0.3, -0.25) is 14.7 Å². The minimum Gasteiger partial charge on any atom is -0.497 e. The Morgan fingerprint density at radius 3 is 2.41 bits per heavy atom. The van der Waals surface area contributed by atoms with E-state index in [0.29, 0.717) is 34.0 Å². The van der Waals surface area contributed by atoms with Crippen LogP contribution in [0.25, 0.3) is 5.69 Å². The van der Waals surface area contributed by atoms with Crippen molar-refractivity contribution in [1.29, 1.82) is 0 Å². The van der Waals surface area contributed by atoms with Crippen LogP contribution in [0.15, 0.2) is 64.5 Å². The second-order valence-electron chi connectivity index (χ2n) is 5.95. The number of methoxy groups -OCH3 is 1. The van der Waals surface area contributed by atoms with Crippen molar-refractivity contribution in [2.45, 2.75) is 13.8 Å². The van der Waals surface area contributed by atoms with Crippen LogP contribution in [0.1, 0.15) is 28.5 Å². The van der Waals surface area contributed by atoms with E-state index in [9.17, 15) is 9.59 Å². The van der Waals surface area contributed by atoms with Crippen molar-refractivity contribution in [2.24, 2.45) is 5.10 Å². The molecule has 0 radical (unpaired) electrons. The molecule has 2 N–H and O–H groups in total. The van der Waals surface area contributed by atoms with Crippen molar-refractivity contribution < 1.29 is 9.53 Å². The first kappa shape index (κ1) is 18.2. The number of ether oxygens (including phenoxy) is 1. The minimum atomic E-state index is -0.335. The second kappa shape index (κ2) is 7.74. The number of H-pyrrole nitrogens is 1. The average Bonchev–Trinajstić information content (AvgIpc) is 3.00. The van der Waals surface area contributed by atoms with E-state index in [1.165, 1.54) is 4.68 Å². The van der Waals surface area contributed by atoms with Gasteiger partial charge in [0, 0.05) is 11.3 Å². The molecule has 0 saturated carbocycles. The number of aromatic amines is 1. The summed E-state index contributed by atoms with van der Waals surface area (Å²) in [5.74, 6) is 0.371. The van der Waals surface area contributed by atoms with E-state index in [-0.39, 0.29) is 11.5 Å².